The zero-order valence-electron chi connectivity index (χ0n) is 12.4. The van der Waals surface area contributed by atoms with Crippen molar-refractivity contribution in [2.75, 3.05) is 31.1 Å². The maximum atomic E-state index is 12.4. The molecule has 0 saturated carbocycles. The molecule has 0 aliphatic carbocycles. The predicted octanol–water partition coefficient (Wildman–Crippen LogP) is 0.717. The molecule has 2 aliphatic rings. The van der Waals surface area contributed by atoms with Crippen LogP contribution >= 0.6 is 0 Å². The number of hydrogen-bond acceptors (Lipinski definition) is 5. The Balaban J connectivity index is 1.43. The molecular formula is C15H18N6O. The summed E-state index contributed by atoms with van der Waals surface area (Å²) < 4.78 is 0. The van der Waals surface area contributed by atoms with Gasteiger partial charge in [0, 0.05) is 49.8 Å². The molecule has 22 heavy (non-hydrogen) atoms. The number of fused-ring (bicyclic) bond motifs is 1. The van der Waals surface area contributed by atoms with E-state index in [0.717, 1.165) is 37.7 Å². The molecule has 2 saturated heterocycles. The van der Waals surface area contributed by atoms with E-state index in [-0.39, 0.29) is 5.91 Å². The van der Waals surface area contributed by atoms with Crippen LogP contribution in [0.3, 0.4) is 0 Å². The van der Waals surface area contributed by atoms with E-state index in [9.17, 15) is 4.79 Å². The van der Waals surface area contributed by atoms with Crippen LogP contribution in [-0.4, -0.2) is 56.9 Å². The van der Waals surface area contributed by atoms with Crippen molar-refractivity contribution in [3.8, 4) is 0 Å². The first-order valence-electron chi connectivity index (χ1n) is 7.52. The fourth-order valence-corrected chi connectivity index (χ4v) is 3.50. The van der Waals surface area contributed by atoms with E-state index in [0.29, 0.717) is 17.5 Å². The molecule has 2 fully saturated rings. The number of carbonyl (C=O) groups is 1. The van der Waals surface area contributed by atoms with Gasteiger partial charge in [-0.1, -0.05) is 0 Å². The van der Waals surface area contributed by atoms with Crippen LogP contribution in [0.1, 0.15) is 16.2 Å². The quantitative estimate of drug-likeness (QED) is 0.884. The second kappa shape index (κ2) is 5.08. The number of aryl methyl sites for hydroxylation is 1. The molecule has 1 amide bonds. The molecule has 2 aromatic rings. The first kappa shape index (κ1) is 13.2. The standard InChI is InChI=1S/C15H18N6O/c1-10-2-14(19-9-17-10)20-4-11-6-21(7-12(11)5-20)15(22)13-3-16-8-18-13/h2-3,8-9,11-12H,4-7H2,1H3,(H,16,18). The smallest absolute Gasteiger partial charge is 0.271 e. The van der Waals surface area contributed by atoms with Crippen LogP contribution in [0.5, 0.6) is 0 Å². The van der Waals surface area contributed by atoms with Crippen molar-refractivity contribution < 1.29 is 4.79 Å². The van der Waals surface area contributed by atoms with Gasteiger partial charge in [-0.15, -0.1) is 0 Å². The lowest BCUT2D eigenvalue weighted by atomic mass is 10.0. The topological polar surface area (TPSA) is 78.0 Å². The Labute approximate surface area is 128 Å². The van der Waals surface area contributed by atoms with Gasteiger partial charge in [-0.2, -0.15) is 0 Å². The number of nitrogens with one attached hydrogen (secondary N) is 1. The number of nitrogens with zero attached hydrogens (tertiary/aromatic N) is 5. The van der Waals surface area contributed by atoms with E-state index < -0.39 is 0 Å². The van der Waals surface area contributed by atoms with Crippen molar-refractivity contribution in [2.45, 2.75) is 6.92 Å². The summed E-state index contributed by atoms with van der Waals surface area (Å²) in [6.45, 7) is 5.50. The third kappa shape index (κ3) is 2.22. The molecule has 2 atom stereocenters. The Morgan fingerprint density at radius 1 is 1.23 bits per heavy atom. The fourth-order valence-electron chi connectivity index (χ4n) is 3.50. The third-order valence-corrected chi connectivity index (χ3v) is 4.62. The van der Waals surface area contributed by atoms with E-state index in [1.54, 1.807) is 18.9 Å². The van der Waals surface area contributed by atoms with Gasteiger partial charge in [0.15, 0.2) is 0 Å². The first-order valence-corrected chi connectivity index (χ1v) is 7.52. The van der Waals surface area contributed by atoms with Gasteiger partial charge in [-0.05, 0) is 6.92 Å². The zero-order chi connectivity index (χ0) is 15.1. The van der Waals surface area contributed by atoms with Crippen molar-refractivity contribution in [1.29, 1.82) is 0 Å². The van der Waals surface area contributed by atoms with E-state index in [2.05, 4.69) is 24.8 Å². The maximum Gasteiger partial charge on any atom is 0.271 e. The zero-order valence-corrected chi connectivity index (χ0v) is 12.4. The Bertz CT molecular complexity index is 671. The van der Waals surface area contributed by atoms with E-state index in [1.165, 1.54) is 0 Å². The van der Waals surface area contributed by atoms with Crippen molar-refractivity contribution in [2.24, 2.45) is 11.8 Å². The minimum absolute atomic E-state index is 0.0522. The van der Waals surface area contributed by atoms with Crippen molar-refractivity contribution >= 4 is 11.7 Å². The van der Waals surface area contributed by atoms with Gasteiger partial charge in [-0.3, -0.25) is 4.79 Å². The SMILES string of the molecule is Cc1cc(N2CC3CN(C(=O)c4cnc[nH]4)CC3C2)ncn1. The Morgan fingerprint density at radius 3 is 2.64 bits per heavy atom. The van der Waals surface area contributed by atoms with Gasteiger partial charge in [0.2, 0.25) is 0 Å². The summed E-state index contributed by atoms with van der Waals surface area (Å²) in [6.07, 6.45) is 4.75. The second-order valence-corrected chi connectivity index (χ2v) is 6.12. The number of hydrogen-bond donors (Lipinski definition) is 1. The molecule has 4 rings (SSSR count). The lowest BCUT2D eigenvalue weighted by Crippen LogP contribution is -2.33. The summed E-state index contributed by atoms with van der Waals surface area (Å²) in [5.41, 5.74) is 1.56. The van der Waals surface area contributed by atoms with Gasteiger partial charge in [-0.25, -0.2) is 15.0 Å². The average molecular weight is 298 g/mol. The average Bonchev–Trinajstić information content (AvgIpc) is 3.22. The highest BCUT2D eigenvalue weighted by atomic mass is 16.2. The number of aromatic amines is 1. The minimum atomic E-state index is 0.0522. The highest BCUT2D eigenvalue weighted by molar-refractivity contribution is 5.92. The first-order chi connectivity index (χ1) is 10.7. The van der Waals surface area contributed by atoms with Gasteiger partial charge >= 0.3 is 0 Å². The second-order valence-electron chi connectivity index (χ2n) is 6.12. The molecule has 2 aromatic heterocycles. The molecule has 114 valence electrons. The van der Waals surface area contributed by atoms with Gasteiger partial charge < -0.3 is 14.8 Å². The summed E-state index contributed by atoms with van der Waals surface area (Å²) in [5, 5.41) is 0. The van der Waals surface area contributed by atoms with Crippen LogP contribution in [-0.2, 0) is 0 Å². The number of carbonyl (C=O) groups excluding carboxylic acids is 1. The monoisotopic (exact) mass is 298 g/mol. The maximum absolute atomic E-state index is 12.4. The van der Waals surface area contributed by atoms with Gasteiger partial charge in [0.05, 0.1) is 12.5 Å². The van der Waals surface area contributed by atoms with Crippen molar-refractivity contribution in [3.63, 3.8) is 0 Å². The molecule has 7 nitrogen and oxygen atoms in total. The Hall–Kier alpha value is -2.44. The van der Waals surface area contributed by atoms with Crippen LogP contribution in [0, 0.1) is 18.8 Å². The summed E-state index contributed by atoms with van der Waals surface area (Å²) in [4.78, 5) is 31.9. The lowest BCUT2D eigenvalue weighted by Gasteiger charge is -2.22. The van der Waals surface area contributed by atoms with Crippen LogP contribution in [0.2, 0.25) is 0 Å². The van der Waals surface area contributed by atoms with Crippen LogP contribution in [0.15, 0.2) is 24.9 Å². The third-order valence-electron chi connectivity index (χ3n) is 4.62. The molecule has 4 heterocycles. The van der Waals surface area contributed by atoms with Crippen LogP contribution in [0.25, 0.3) is 0 Å². The normalized spacial score (nSPS) is 23.9. The number of H-pyrrole nitrogens is 1. The van der Waals surface area contributed by atoms with Crippen LogP contribution < -0.4 is 4.90 Å². The number of anilines is 1. The van der Waals surface area contributed by atoms with E-state index in [4.69, 9.17) is 0 Å². The predicted molar refractivity (Wildman–Crippen MR) is 80.5 cm³/mol. The lowest BCUT2D eigenvalue weighted by molar-refractivity contribution is 0.0777. The number of rotatable bonds is 2. The number of imidazole rings is 1. The highest BCUT2D eigenvalue weighted by Crippen LogP contribution is 2.33. The number of amides is 1. The number of likely N-dealkylation sites (tertiary alicyclic amines) is 1. The summed E-state index contributed by atoms with van der Waals surface area (Å²) >= 11 is 0. The summed E-state index contributed by atoms with van der Waals surface area (Å²) in [7, 11) is 0. The van der Waals surface area contributed by atoms with E-state index in [1.807, 2.05) is 17.9 Å². The molecular weight excluding hydrogens is 280 g/mol. The highest BCUT2D eigenvalue weighted by Gasteiger charge is 2.42. The van der Waals surface area contributed by atoms with Crippen molar-refractivity contribution in [3.05, 3.63) is 36.3 Å². The molecule has 7 heteroatoms. The van der Waals surface area contributed by atoms with Gasteiger partial charge in [0.25, 0.3) is 5.91 Å². The molecule has 0 radical (unpaired) electrons. The van der Waals surface area contributed by atoms with E-state index >= 15 is 0 Å². The van der Waals surface area contributed by atoms with Crippen molar-refractivity contribution in [1.82, 2.24) is 24.8 Å². The molecule has 1 N–H and O–H groups in total. The van der Waals surface area contributed by atoms with Crippen LogP contribution in [0.4, 0.5) is 5.82 Å². The molecule has 2 aliphatic heterocycles. The molecule has 0 spiro atoms. The fraction of sp³-hybridized carbons (Fsp3) is 0.467. The van der Waals surface area contributed by atoms with Gasteiger partial charge in [0.1, 0.15) is 17.8 Å². The summed E-state index contributed by atoms with van der Waals surface area (Å²) in [6, 6.07) is 2.02. The minimum Gasteiger partial charge on any atom is -0.356 e. The Kier molecular flexibility index (Phi) is 3.06. The molecule has 0 aromatic carbocycles. The number of aromatic nitrogens is 4. The summed E-state index contributed by atoms with van der Waals surface area (Å²) in [5.74, 6) is 2.08. The largest absolute Gasteiger partial charge is 0.356 e. The molecule has 2 unspecified atom stereocenters. The molecule has 0 bridgehead atoms. The Morgan fingerprint density at radius 2 is 2.00 bits per heavy atom.